The third kappa shape index (κ3) is 5.16. The zero-order valence-electron chi connectivity index (χ0n) is 10.9. The van der Waals surface area contributed by atoms with E-state index in [0.717, 1.165) is 0 Å². The molecule has 0 saturated carbocycles. The van der Waals surface area contributed by atoms with Crippen molar-refractivity contribution >= 4 is 11.8 Å². The Hall–Kier alpha value is -2.26. The number of carbonyl (C=O) groups excluding carboxylic acids is 2. The lowest BCUT2D eigenvalue weighted by Gasteiger charge is -2.34. The molecule has 0 atom stereocenters. The van der Waals surface area contributed by atoms with E-state index in [2.05, 4.69) is 0 Å². The molecule has 1 heterocycles. The highest BCUT2D eigenvalue weighted by Crippen LogP contribution is 2.05. The normalized spacial score (nSPS) is 15.0. The Morgan fingerprint density at radius 1 is 0.800 bits per heavy atom. The van der Waals surface area contributed by atoms with Gasteiger partial charge in [-0.1, -0.05) is 0 Å². The highest BCUT2D eigenvalue weighted by molar-refractivity contribution is 5.78. The number of hydrogen-bond acceptors (Lipinski definition) is 6. The van der Waals surface area contributed by atoms with Crippen LogP contribution in [0.5, 0.6) is 0 Å². The largest absolute Gasteiger partial charge is 0.339 e. The van der Waals surface area contributed by atoms with Gasteiger partial charge in [0.15, 0.2) is 0 Å². The van der Waals surface area contributed by atoms with Gasteiger partial charge in [-0.15, -0.1) is 0 Å². The van der Waals surface area contributed by atoms with Crippen LogP contribution in [0.2, 0.25) is 0 Å². The summed E-state index contributed by atoms with van der Waals surface area (Å²) in [4.78, 5) is 45.5. The van der Waals surface area contributed by atoms with Crippen LogP contribution < -0.4 is 0 Å². The summed E-state index contributed by atoms with van der Waals surface area (Å²) < 4.78 is 0. The molecule has 10 nitrogen and oxygen atoms in total. The van der Waals surface area contributed by atoms with Gasteiger partial charge >= 0.3 is 0 Å². The average Bonchev–Trinajstić information content (AvgIpc) is 2.42. The number of nitro groups is 2. The number of rotatable bonds is 6. The summed E-state index contributed by atoms with van der Waals surface area (Å²) >= 11 is 0. The van der Waals surface area contributed by atoms with E-state index in [1.54, 1.807) is 0 Å². The van der Waals surface area contributed by atoms with E-state index in [1.165, 1.54) is 9.80 Å². The summed E-state index contributed by atoms with van der Waals surface area (Å²) in [5.41, 5.74) is 0. The van der Waals surface area contributed by atoms with Crippen molar-refractivity contribution in [3.05, 3.63) is 20.2 Å². The Morgan fingerprint density at radius 3 is 1.35 bits per heavy atom. The second-order valence-electron chi connectivity index (χ2n) is 4.37. The quantitative estimate of drug-likeness (QED) is 0.455. The third-order valence-corrected chi connectivity index (χ3v) is 3.00. The number of nitrogens with zero attached hydrogens (tertiary/aromatic N) is 4. The standard InChI is InChI=1S/C10H16N4O6/c15-9(1-3-13(17)18)11-5-7-12(8-6-11)10(16)2-4-14(19)20/h1-8H2. The second-order valence-corrected chi connectivity index (χ2v) is 4.37. The summed E-state index contributed by atoms with van der Waals surface area (Å²) in [7, 11) is 0. The minimum atomic E-state index is -0.546. The Morgan fingerprint density at radius 2 is 1.10 bits per heavy atom. The molecule has 1 aliphatic heterocycles. The van der Waals surface area contributed by atoms with Gasteiger partial charge in [-0.3, -0.25) is 29.8 Å². The van der Waals surface area contributed by atoms with Gasteiger partial charge in [-0.05, 0) is 0 Å². The summed E-state index contributed by atoms with van der Waals surface area (Å²) in [6.45, 7) is 0.421. The van der Waals surface area contributed by atoms with Crippen LogP contribution in [-0.2, 0) is 9.59 Å². The van der Waals surface area contributed by atoms with Gasteiger partial charge in [0, 0.05) is 36.0 Å². The van der Waals surface area contributed by atoms with Gasteiger partial charge in [-0.25, -0.2) is 0 Å². The number of piperazine rings is 1. The van der Waals surface area contributed by atoms with Crippen LogP contribution in [0.4, 0.5) is 0 Å². The Balaban J connectivity index is 2.32. The van der Waals surface area contributed by atoms with Crippen LogP contribution in [0.1, 0.15) is 12.8 Å². The van der Waals surface area contributed by atoms with Crippen molar-refractivity contribution in [3.8, 4) is 0 Å². The maximum atomic E-state index is 11.6. The Labute approximate surface area is 114 Å². The molecule has 0 aliphatic carbocycles. The van der Waals surface area contributed by atoms with Crippen molar-refractivity contribution in [2.75, 3.05) is 39.3 Å². The van der Waals surface area contributed by atoms with Gasteiger partial charge in [-0.2, -0.15) is 0 Å². The van der Waals surface area contributed by atoms with E-state index in [0.29, 0.717) is 26.2 Å². The molecule has 10 heteroatoms. The molecule has 0 unspecified atom stereocenters. The average molecular weight is 288 g/mol. The summed E-state index contributed by atoms with van der Waals surface area (Å²) in [5, 5.41) is 20.4. The van der Waals surface area contributed by atoms with Crippen molar-refractivity contribution in [1.82, 2.24) is 9.80 Å². The first-order valence-electron chi connectivity index (χ1n) is 6.19. The molecule has 0 aromatic rings. The zero-order chi connectivity index (χ0) is 15.1. The van der Waals surface area contributed by atoms with Crippen LogP contribution in [0.15, 0.2) is 0 Å². The fourth-order valence-electron chi connectivity index (χ4n) is 1.90. The van der Waals surface area contributed by atoms with Gasteiger partial charge in [0.1, 0.15) is 0 Å². The Bertz CT molecular complexity index is 367. The topological polar surface area (TPSA) is 127 Å². The minimum Gasteiger partial charge on any atom is -0.339 e. The smallest absolute Gasteiger partial charge is 0.229 e. The second kappa shape index (κ2) is 7.36. The molecule has 112 valence electrons. The van der Waals surface area contributed by atoms with Crippen molar-refractivity contribution in [1.29, 1.82) is 0 Å². The molecule has 0 N–H and O–H groups in total. The lowest BCUT2D eigenvalue weighted by atomic mass is 10.2. The van der Waals surface area contributed by atoms with Crippen LogP contribution in [0.3, 0.4) is 0 Å². The molecule has 1 rings (SSSR count). The molecule has 20 heavy (non-hydrogen) atoms. The van der Waals surface area contributed by atoms with E-state index < -0.39 is 22.9 Å². The molecule has 1 aliphatic rings. The first-order chi connectivity index (χ1) is 9.40. The predicted molar refractivity (Wildman–Crippen MR) is 66.1 cm³/mol. The fourth-order valence-corrected chi connectivity index (χ4v) is 1.90. The predicted octanol–water partition coefficient (Wildman–Crippen LogP) is -1.01. The number of carbonyl (C=O) groups is 2. The molecule has 1 fully saturated rings. The monoisotopic (exact) mass is 288 g/mol. The van der Waals surface area contributed by atoms with Gasteiger partial charge in [0.05, 0.1) is 12.8 Å². The fraction of sp³-hybridized carbons (Fsp3) is 0.800. The SMILES string of the molecule is O=C(CC[N+](=O)[O-])N1CCN(C(=O)CC[N+](=O)[O-])CC1. The highest BCUT2D eigenvalue weighted by Gasteiger charge is 2.25. The lowest BCUT2D eigenvalue weighted by Crippen LogP contribution is -2.51. The van der Waals surface area contributed by atoms with E-state index in [9.17, 15) is 29.8 Å². The van der Waals surface area contributed by atoms with Crippen molar-refractivity contribution in [2.24, 2.45) is 0 Å². The van der Waals surface area contributed by atoms with Gasteiger partial charge < -0.3 is 9.80 Å². The molecular formula is C10H16N4O6. The summed E-state index contributed by atoms with van der Waals surface area (Å²) in [6.07, 6.45) is -0.301. The maximum absolute atomic E-state index is 11.6. The molecule has 0 bridgehead atoms. The van der Waals surface area contributed by atoms with Crippen molar-refractivity contribution < 1.29 is 19.4 Å². The highest BCUT2D eigenvalue weighted by atomic mass is 16.6. The van der Waals surface area contributed by atoms with E-state index >= 15 is 0 Å². The molecule has 0 aromatic heterocycles. The van der Waals surface area contributed by atoms with Crippen LogP contribution in [-0.4, -0.2) is 70.7 Å². The van der Waals surface area contributed by atoms with E-state index in [4.69, 9.17) is 0 Å². The lowest BCUT2D eigenvalue weighted by molar-refractivity contribution is -0.479. The molecular weight excluding hydrogens is 272 g/mol. The van der Waals surface area contributed by atoms with E-state index in [1.807, 2.05) is 0 Å². The third-order valence-electron chi connectivity index (χ3n) is 3.00. The van der Waals surface area contributed by atoms with Gasteiger partial charge in [0.25, 0.3) is 0 Å². The summed E-state index contributed by atoms with van der Waals surface area (Å²) in [6, 6.07) is 0. The molecule has 0 aromatic carbocycles. The molecule has 2 amide bonds. The van der Waals surface area contributed by atoms with Crippen molar-refractivity contribution in [2.45, 2.75) is 12.8 Å². The van der Waals surface area contributed by atoms with Crippen molar-refractivity contribution in [3.63, 3.8) is 0 Å². The molecule has 0 spiro atoms. The van der Waals surface area contributed by atoms with Gasteiger partial charge in [0.2, 0.25) is 24.9 Å². The Kier molecular flexibility index (Phi) is 5.81. The maximum Gasteiger partial charge on any atom is 0.229 e. The minimum absolute atomic E-state index is 0.151. The summed E-state index contributed by atoms with van der Waals surface area (Å²) in [5.74, 6) is -0.613. The first kappa shape index (κ1) is 15.8. The van der Waals surface area contributed by atoms with Crippen LogP contribution >= 0.6 is 0 Å². The first-order valence-corrected chi connectivity index (χ1v) is 6.19. The molecule has 1 saturated heterocycles. The van der Waals surface area contributed by atoms with E-state index in [-0.39, 0.29) is 24.7 Å². The molecule has 0 radical (unpaired) electrons. The number of hydrogen-bond donors (Lipinski definition) is 0. The zero-order valence-corrected chi connectivity index (χ0v) is 10.9. The van der Waals surface area contributed by atoms with Crippen LogP contribution in [0, 0.1) is 20.2 Å². The number of amides is 2. The van der Waals surface area contributed by atoms with Crippen LogP contribution in [0.25, 0.3) is 0 Å².